The first-order chi connectivity index (χ1) is 18.2. The van der Waals surface area contributed by atoms with Gasteiger partial charge in [-0.3, -0.25) is 0 Å². The summed E-state index contributed by atoms with van der Waals surface area (Å²) in [5, 5.41) is 61.1. The molecule has 1 aliphatic carbocycles. The van der Waals surface area contributed by atoms with Crippen molar-refractivity contribution in [2.24, 2.45) is 5.92 Å². The van der Waals surface area contributed by atoms with E-state index in [0.29, 0.717) is 12.8 Å². The molecule has 6 N–H and O–H groups in total. The van der Waals surface area contributed by atoms with Gasteiger partial charge in [-0.2, -0.15) is 0 Å². The van der Waals surface area contributed by atoms with Gasteiger partial charge >= 0.3 is 5.97 Å². The van der Waals surface area contributed by atoms with Crippen LogP contribution in [0.15, 0.2) is 0 Å². The zero-order chi connectivity index (χ0) is 27.6. The van der Waals surface area contributed by atoms with Crippen LogP contribution in [0.5, 0.6) is 0 Å². The van der Waals surface area contributed by atoms with Crippen molar-refractivity contribution in [1.29, 1.82) is 0 Å². The van der Waals surface area contributed by atoms with Gasteiger partial charge in [-0.1, -0.05) is 19.8 Å². The molecule has 0 spiro atoms. The first-order valence-corrected chi connectivity index (χ1v) is 13.6. The lowest BCUT2D eigenvalue weighted by Gasteiger charge is -2.48. The summed E-state index contributed by atoms with van der Waals surface area (Å²) >= 11 is 0. The maximum absolute atomic E-state index is 11.7. The predicted molar refractivity (Wildman–Crippen MR) is 127 cm³/mol. The molecule has 0 radical (unpaired) electrons. The number of rotatable bonds is 7. The summed E-state index contributed by atoms with van der Waals surface area (Å²) in [5.41, 5.74) is 0. The van der Waals surface area contributed by atoms with Gasteiger partial charge in [0.05, 0.1) is 24.9 Å². The summed E-state index contributed by atoms with van der Waals surface area (Å²) < 4.78 is 35.9. The summed E-state index contributed by atoms with van der Waals surface area (Å²) in [5.74, 6) is -1.13. The third-order valence-electron chi connectivity index (χ3n) is 8.14. The summed E-state index contributed by atoms with van der Waals surface area (Å²) in [6, 6.07) is 0. The average molecular weight is 551 g/mol. The SMILES string of the molecule is CCC1CCCC(OC2OC(CO)C(O)C3OC(C(=O)O)CCCOC23)C1OC1OC(C)C(O)C(O)C1O. The number of aliphatic hydroxyl groups excluding tert-OH is 5. The lowest BCUT2D eigenvalue weighted by molar-refractivity contribution is -0.355. The Kier molecular flexibility index (Phi) is 10.4. The molecular weight excluding hydrogens is 508 g/mol. The maximum Gasteiger partial charge on any atom is 0.332 e. The first-order valence-electron chi connectivity index (χ1n) is 13.6. The zero-order valence-corrected chi connectivity index (χ0v) is 21.8. The molecule has 38 heavy (non-hydrogen) atoms. The van der Waals surface area contributed by atoms with Crippen LogP contribution in [0, 0.1) is 5.92 Å². The first kappa shape index (κ1) is 30.0. The standard InChI is InChI=1S/C25H42O13/c1-3-12-6-4-7-13(20(12)38-24-19(30)18(29)16(27)11(2)34-24)36-25-22-21(17(28)15(10-26)37-25)35-14(23(31)32)8-5-9-33-22/h11-22,24-30H,3-10H2,1-2H3,(H,31,32). The van der Waals surface area contributed by atoms with Crippen LogP contribution in [0.4, 0.5) is 0 Å². The minimum absolute atomic E-state index is 0.0216. The Bertz CT molecular complexity index is 770. The maximum atomic E-state index is 11.7. The number of carbonyl (C=O) groups is 1. The van der Waals surface area contributed by atoms with Crippen molar-refractivity contribution in [1.82, 2.24) is 0 Å². The lowest BCUT2D eigenvalue weighted by Crippen LogP contribution is -2.64. The molecule has 0 bridgehead atoms. The van der Waals surface area contributed by atoms with Crippen molar-refractivity contribution in [3.8, 4) is 0 Å². The second-order valence-corrected chi connectivity index (χ2v) is 10.7. The van der Waals surface area contributed by atoms with E-state index < -0.39 is 92.3 Å². The molecule has 4 aliphatic rings. The third kappa shape index (κ3) is 6.33. The van der Waals surface area contributed by atoms with Gasteiger partial charge in [-0.15, -0.1) is 0 Å². The minimum Gasteiger partial charge on any atom is -0.479 e. The van der Waals surface area contributed by atoms with Gasteiger partial charge in [0, 0.05) is 6.61 Å². The zero-order valence-electron chi connectivity index (χ0n) is 21.8. The lowest BCUT2D eigenvalue weighted by atomic mass is 9.82. The number of ether oxygens (including phenoxy) is 6. The van der Waals surface area contributed by atoms with E-state index in [1.165, 1.54) is 0 Å². The van der Waals surface area contributed by atoms with Gasteiger partial charge in [-0.05, 0) is 38.5 Å². The topological polar surface area (TPSA) is 194 Å². The van der Waals surface area contributed by atoms with Crippen LogP contribution in [0.2, 0.25) is 0 Å². The van der Waals surface area contributed by atoms with Crippen LogP contribution in [-0.2, 0) is 33.2 Å². The van der Waals surface area contributed by atoms with E-state index in [-0.39, 0.29) is 18.9 Å². The molecule has 13 heteroatoms. The highest BCUT2D eigenvalue weighted by atomic mass is 16.7. The Hall–Kier alpha value is -0.970. The number of aliphatic hydroxyl groups is 5. The highest BCUT2D eigenvalue weighted by Gasteiger charge is 2.52. The molecule has 0 amide bonds. The highest BCUT2D eigenvalue weighted by Crippen LogP contribution is 2.37. The summed E-state index contributed by atoms with van der Waals surface area (Å²) in [7, 11) is 0. The van der Waals surface area contributed by atoms with Crippen molar-refractivity contribution in [2.45, 2.75) is 132 Å². The summed E-state index contributed by atoms with van der Waals surface area (Å²) in [4.78, 5) is 11.7. The van der Waals surface area contributed by atoms with Crippen LogP contribution in [0.25, 0.3) is 0 Å². The molecule has 14 atom stereocenters. The largest absolute Gasteiger partial charge is 0.479 e. The van der Waals surface area contributed by atoms with Crippen molar-refractivity contribution in [3.63, 3.8) is 0 Å². The van der Waals surface area contributed by atoms with Crippen molar-refractivity contribution in [3.05, 3.63) is 0 Å². The van der Waals surface area contributed by atoms with Gasteiger partial charge < -0.3 is 59.1 Å². The quantitative estimate of drug-likeness (QED) is 0.224. The fraction of sp³-hybridized carbons (Fsp3) is 0.960. The van der Waals surface area contributed by atoms with Crippen LogP contribution >= 0.6 is 0 Å². The predicted octanol–water partition coefficient (Wildman–Crippen LogP) is -1.11. The molecule has 0 aromatic rings. The van der Waals surface area contributed by atoms with Gasteiger partial charge in [0.25, 0.3) is 0 Å². The second kappa shape index (κ2) is 13.1. The Morgan fingerprint density at radius 3 is 2.32 bits per heavy atom. The molecule has 220 valence electrons. The van der Waals surface area contributed by atoms with E-state index in [0.717, 1.165) is 19.3 Å². The fourth-order valence-corrected chi connectivity index (χ4v) is 5.86. The van der Waals surface area contributed by atoms with E-state index in [9.17, 15) is 35.4 Å². The van der Waals surface area contributed by atoms with Gasteiger partial charge in [0.1, 0.15) is 42.7 Å². The Morgan fingerprint density at radius 2 is 1.63 bits per heavy atom. The molecule has 13 nitrogen and oxygen atoms in total. The van der Waals surface area contributed by atoms with E-state index >= 15 is 0 Å². The molecule has 3 saturated heterocycles. The Morgan fingerprint density at radius 1 is 0.868 bits per heavy atom. The van der Waals surface area contributed by atoms with Crippen LogP contribution in [0.1, 0.15) is 52.4 Å². The molecule has 3 aliphatic heterocycles. The van der Waals surface area contributed by atoms with Crippen molar-refractivity contribution >= 4 is 5.97 Å². The average Bonchev–Trinajstić information content (AvgIpc) is 2.88. The number of hydrogen-bond acceptors (Lipinski definition) is 12. The van der Waals surface area contributed by atoms with Crippen LogP contribution in [-0.4, -0.2) is 130 Å². The molecule has 14 unspecified atom stereocenters. The van der Waals surface area contributed by atoms with Gasteiger partial charge in [-0.25, -0.2) is 4.79 Å². The van der Waals surface area contributed by atoms with Crippen LogP contribution < -0.4 is 0 Å². The van der Waals surface area contributed by atoms with E-state index in [4.69, 9.17) is 28.4 Å². The van der Waals surface area contributed by atoms with E-state index in [1.54, 1.807) is 6.92 Å². The molecular formula is C25H42O13. The Balaban J connectivity index is 1.54. The Labute approximate surface area is 221 Å². The van der Waals surface area contributed by atoms with Crippen molar-refractivity contribution in [2.75, 3.05) is 13.2 Å². The number of hydrogen-bond donors (Lipinski definition) is 6. The number of fused-ring (bicyclic) bond motifs is 1. The third-order valence-corrected chi connectivity index (χ3v) is 8.14. The molecule has 0 aromatic heterocycles. The number of carboxylic acids is 1. The molecule has 3 heterocycles. The second-order valence-electron chi connectivity index (χ2n) is 10.7. The molecule has 1 saturated carbocycles. The summed E-state index contributed by atoms with van der Waals surface area (Å²) in [6.07, 6.45) is -10.5. The van der Waals surface area contributed by atoms with Crippen molar-refractivity contribution < 1.29 is 63.9 Å². The molecule has 4 rings (SSSR count). The monoisotopic (exact) mass is 550 g/mol. The minimum atomic E-state index is -1.47. The van der Waals surface area contributed by atoms with E-state index in [1.807, 2.05) is 6.92 Å². The molecule has 0 aromatic carbocycles. The highest BCUT2D eigenvalue weighted by molar-refractivity contribution is 5.72. The smallest absolute Gasteiger partial charge is 0.332 e. The summed E-state index contributed by atoms with van der Waals surface area (Å²) in [6.45, 7) is 3.24. The molecule has 4 fully saturated rings. The van der Waals surface area contributed by atoms with Crippen LogP contribution in [0.3, 0.4) is 0 Å². The van der Waals surface area contributed by atoms with Gasteiger partial charge in [0.15, 0.2) is 18.7 Å². The fourth-order valence-electron chi connectivity index (χ4n) is 5.86. The van der Waals surface area contributed by atoms with E-state index in [2.05, 4.69) is 0 Å². The number of aliphatic carboxylic acids is 1. The normalized spacial score (nSPS) is 48.5. The number of carboxylic acid groups (broad SMARTS) is 1. The van der Waals surface area contributed by atoms with Gasteiger partial charge in [0.2, 0.25) is 0 Å².